The van der Waals surface area contributed by atoms with Gasteiger partial charge in [0.1, 0.15) is 16.9 Å². The summed E-state index contributed by atoms with van der Waals surface area (Å²) in [6, 6.07) is 1.71. The predicted octanol–water partition coefficient (Wildman–Crippen LogP) is 0.991. The fraction of sp³-hybridized carbons (Fsp3) is 0.600. The van der Waals surface area contributed by atoms with Crippen LogP contribution in [-0.2, 0) is 9.84 Å². The fourth-order valence-electron chi connectivity index (χ4n) is 1.23. The van der Waals surface area contributed by atoms with Crippen LogP contribution in [0.1, 0.15) is 43.5 Å². The van der Waals surface area contributed by atoms with Gasteiger partial charge >= 0.3 is 0 Å². The zero-order valence-corrected chi connectivity index (χ0v) is 11.2. The number of nitrogens with two attached hydrogens (primary N) is 1. The summed E-state index contributed by atoms with van der Waals surface area (Å²) in [4.78, 5) is 8.34. The third-order valence-electron chi connectivity index (χ3n) is 2.51. The van der Waals surface area contributed by atoms with E-state index in [2.05, 4.69) is 15.4 Å². The van der Waals surface area contributed by atoms with Gasteiger partial charge < -0.3 is 5.43 Å². The van der Waals surface area contributed by atoms with Gasteiger partial charge in [-0.3, -0.25) is 0 Å². The maximum atomic E-state index is 11.5. The van der Waals surface area contributed by atoms with Crippen molar-refractivity contribution in [3.8, 4) is 0 Å². The largest absolute Gasteiger partial charge is 0.308 e. The summed E-state index contributed by atoms with van der Waals surface area (Å²) in [7, 11) is -3.22. The lowest BCUT2D eigenvalue weighted by molar-refractivity contribution is 0.588. The lowest BCUT2D eigenvalue weighted by atomic mass is 10.1. The predicted molar refractivity (Wildman–Crippen MR) is 67.2 cm³/mol. The Bertz CT molecular complexity index is 499. The average molecular weight is 258 g/mol. The first-order valence-corrected chi connectivity index (χ1v) is 7.25. The van der Waals surface area contributed by atoms with Crippen LogP contribution in [0.25, 0.3) is 0 Å². The van der Waals surface area contributed by atoms with Gasteiger partial charge in [0.15, 0.2) is 9.84 Å². The molecule has 1 rings (SSSR count). The van der Waals surface area contributed by atoms with Crippen molar-refractivity contribution < 1.29 is 8.42 Å². The van der Waals surface area contributed by atoms with Gasteiger partial charge in [-0.25, -0.2) is 24.2 Å². The van der Waals surface area contributed by atoms with Crippen molar-refractivity contribution in [1.29, 1.82) is 0 Å². The lowest BCUT2D eigenvalue weighted by Gasteiger charge is -2.13. The monoisotopic (exact) mass is 258 g/mol. The van der Waals surface area contributed by atoms with Crippen LogP contribution in [0.2, 0.25) is 0 Å². The molecular formula is C10H18N4O2S. The third-order valence-corrected chi connectivity index (χ3v) is 4.00. The Hall–Kier alpha value is -1.21. The highest BCUT2D eigenvalue weighted by Gasteiger charge is 2.21. The molecule has 0 aliphatic carbocycles. The summed E-state index contributed by atoms with van der Waals surface area (Å²) in [5.41, 5.74) is 3.19. The molecule has 96 valence electrons. The number of rotatable bonds is 4. The molecule has 1 heterocycles. The number of nitrogens with zero attached hydrogens (tertiary/aromatic N) is 2. The number of hydrogen-bond acceptors (Lipinski definition) is 6. The summed E-state index contributed by atoms with van der Waals surface area (Å²) in [5.74, 6) is 6.18. The van der Waals surface area contributed by atoms with Crippen molar-refractivity contribution >= 4 is 15.7 Å². The zero-order chi connectivity index (χ0) is 13.2. The molecule has 0 saturated carbocycles. The minimum absolute atomic E-state index is 0.176. The van der Waals surface area contributed by atoms with Crippen molar-refractivity contribution in [3.63, 3.8) is 0 Å². The molecule has 7 heteroatoms. The number of aromatic nitrogens is 2. The van der Waals surface area contributed by atoms with Gasteiger partial charge in [0.2, 0.25) is 0 Å². The van der Waals surface area contributed by atoms with Crippen molar-refractivity contribution in [3.05, 3.63) is 17.6 Å². The second-order valence-electron chi connectivity index (χ2n) is 4.31. The summed E-state index contributed by atoms with van der Waals surface area (Å²) >= 11 is 0. The number of hydrazine groups is 1. The second kappa shape index (κ2) is 4.97. The molecule has 0 bridgehead atoms. The molecule has 0 aliphatic heterocycles. The number of sulfone groups is 1. The van der Waals surface area contributed by atoms with Crippen LogP contribution in [0.3, 0.4) is 0 Å². The smallest absolute Gasteiger partial charge is 0.157 e. The van der Waals surface area contributed by atoms with Crippen LogP contribution >= 0.6 is 0 Å². The topological polar surface area (TPSA) is 98.0 Å². The standard InChI is InChI=1S/C10H18N4O2S/c1-6(2)8-5-9(14-11)13-10(12-8)7(3)17(4,15)16/h5-7H,11H2,1-4H3,(H,12,13,14). The van der Waals surface area contributed by atoms with E-state index in [4.69, 9.17) is 5.84 Å². The number of nitrogens with one attached hydrogen (secondary N) is 1. The van der Waals surface area contributed by atoms with Gasteiger partial charge in [0.05, 0.1) is 0 Å². The Kier molecular flexibility index (Phi) is 4.05. The minimum Gasteiger partial charge on any atom is -0.308 e. The highest BCUT2D eigenvalue weighted by Crippen LogP contribution is 2.22. The Balaban J connectivity index is 3.29. The van der Waals surface area contributed by atoms with Crippen molar-refractivity contribution in [2.45, 2.75) is 31.9 Å². The van der Waals surface area contributed by atoms with Crippen molar-refractivity contribution in [2.24, 2.45) is 5.84 Å². The Labute approximate surface area is 102 Å². The molecule has 0 aromatic carbocycles. The highest BCUT2D eigenvalue weighted by molar-refractivity contribution is 7.90. The molecule has 1 unspecified atom stereocenters. The van der Waals surface area contributed by atoms with Gasteiger partial charge in [0, 0.05) is 18.0 Å². The van der Waals surface area contributed by atoms with E-state index >= 15 is 0 Å². The summed E-state index contributed by atoms with van der Waals surface area (Å²) in [6.45, 7) is 5.50. The Morgan fingerprint density at radius 3 is 2.29 bits per heavy atom. The molecule has 0 spiro atoms. The normalized spacial score (nSPS) is 13.8. The molecular weight excluding hydrogens is 240 g/mol. The van der Waals surface area contributed by atoms with Crippen LogP contribution in [0.5, 0.6) is 0 Å². The maximum Gasteiger partial charge on any atom is 0.157 e. The van der Waals surface area contributed by atoms with Gasteiger partial charge in [-0.1, -0.05) is 13.8 Å². The molecule has 0 radical (unpaired) electrons. The van der Waals surface area contributed by atoms with Crippen LogP contribution in [0.15, 0.2) is 6.07 Å². The summed E-state index contributed by atoms with van der Waals surface area (Å²) in [6.07, 6.45) is 1.17. The molecule has 1 aromatic rings. The van der Waals surface area contributed by atoms with E-state index in [1.807, 2.05) is 13.8 Å². The van der Waals surface area contributed by atoms with E-state index in [9.17, 15) is 8.42 Å². The van der Waals surface area contributed by atoms with Crippen molar-refractivity contribution in [2.75, 3.05) is 11.7 Å². The van der Waals surface area contributed by atoms with E-state index < -0.39 is 15.1 Å². The second-order valence-corrected chi connectivity index (χ2v) is 6.67. The first-order valence-electron chi connectivity index (χ1n) is 5.30. The van der Waals surface area contributed by atoms with Crippen molar-refractivity contribution in [1.82, 2.24) is 9.97 Å². The quantitative estimate of drug-likeness (QED) is 0.617. The Morgan fingerprint density at radius 1 is 1.29 bits per heavy atom. The molecule has 0 saturated heterocycles. The molecule has 3 N–H and O–H groups in total. The molecule has 1 aromatic heterocycles. The van der Waals surface area contributed by atoms with E-state index in [-0.39, 0.29) is 11.7 Å². The van der Waals surface area contributed by atoms with Crippen LogP contribution < -0.4 is 11.3 Å². The fourth-order valence-corrected chi connectivity index (χ4v) is 1.72. The summed E-state index contributed by atoms with van der Waals surface area (Å²) in [5, 5.41) is -0.742. The maximum absolute atomic E-state index is 11.5. The number of nitrogen functional groups attached to an aromatic ring is 1. The molecule has 1 atom stereocenters. The Morgan fingerprint density at radius 2 is 1.88 bits per heavy atom. The highest BCUT2D eigenvalue weighted by atomic mass is 32.2. The van der Waals surface area contributed by atoms with E-state index in [0.717, 1.165) is 5.69 Å². The van der Waals surface area contributed by atoms with Gasteiger partial charge in [-0.05, 0) is 12.8 Å². The van der Waals surface area contributed by atoms with Crippen LogP contribution in [0.4, 0.5) is 5.82 Å². The molecule has 0 aliphatic rings. The average Bonchev–Trinajstić information content (AvgIpc) is 2.26. The SMILES string of the molecule is CC(C)c1cc(NN)nc(C(C)S(C)(=O)=O)n1. The molecule has 17 heavy (non-hydrogen) atoms. The number of anilines is 1. The first-order chi connectivity index (χ1) is 7.75. The van der Waals surface area contributed by atoms with E-state index in [1.54, 1.807) is 13.0 Å². The molecule has 0 amide bonds. The zero-order valence-electron chi connectivity index (χ0n) is 10.4. The minimum atomic E-state index is -3.22. The number of hydrogen-bond donors (Lipinski definition) is 2. The van der Waals surface area contributed by atoms with E-state index in [1.165, 1.54) is 6.26 Å². The molecule has 0 fully saturated rings. The van der Waals surface area contributed by atoms with Gasteiger partial charge in [0.25, 0.3) is 0 Å². The van der Waals surface area contributed by atoms with Gasteiger partial charge in [-0.2, -0.15) is 0 Å². The van der Waals surface area contributed by atoms with E-state index in [0.29, 0.717) is 5.82 Å². The third kappa shape index (κ3) is 3.37. The summed E-state index contributed by atoms with van der Waals surface area (Å²) < 4.78 is 23.0. The van der Waals surface area contributed by atoms with Gasteiger partial charge in [-0.15, -0.1) is 0 Å². The van der Waals surface area contributed by atoms with Crippen LogP contribution in [0, 0.1) is 0 Å². The van der Waals surface area contributed by atoms with Crippen LogP contribution in [-0.4, -0.2) is 24.6 Å². The first kappa shape index (κ1) is 13.9. The lowest BCUT2D eigenvalue weighted by Crippen LogP contribution is -2.16. The molecule has 6 nitrogen and oxygen atoms in total.